The van der Waals surface area contributed by atoms with Gasteiger partial charge in [-0.3, -0.25) is 0 Å². The third-order valence-electron chi connectivity index (χ3n) is 3.24. The van der Waals surface area contributed by atoms with Crippen molar-refractivity contribution in [2.45, 2.75) is 46.1 Å². The monoisotopic (exact) mass is 273 g/mol. The Labute approximate surface area is 120 Å². The third-order valence-corrected chi connectivity index (χ3v) is 3.24. The van der Waals surface area contributed by atoms with Crippen molar-refractivity contribution in [1.82, 2.24) is 15.5 Å². The van der Waals surface area contributed by atoms with Crippen molar-refractivity contribution in [2.75, 3.05) is 6.54 Å². The van der Waals surface area contributed by atoms with E-state index in [-0.39, 0.29) is 0 Å². The van der Waals surface area contributed by atoms with Gasteiger partial charge in [-0.15, -0.1) is 0 Å². The Morgan fingerprint density at radius 1 is 1.25 bits per heavy atom. The molecule has 1 heterocycles. The Morgan fingerprint density at radius 3 is 2.80 bits per heavy atom. The molecule has 0 aliphatic heterocycles. The third kappa shape index (κ3) is 4.46. The summed E-state index contributed by atoms with van der Waals surface area (Å²) in [6.07, 6.45) is 2.59. The standard InChI is InChI=1S/C16H23N3O/c1-12(2)17-10-6-9-16-18-15(19-20-16)11-14-8-5-4-7-13(14)3/h4-5,7-8,12,17H,6,9-11H2,1-3H3. The van der Waals surface area contributed by atoms with E-state index in [1.807, 2.05) is 12.1 Å². The Balaban J connectivity index is 1.85. The summed E-state index contributed by atoms with van der Waals surface area (Å²) in [5.74, 6) is 1.50. The van der Waals surface area contributed by atoms with E-state index in [4.69, 9.17) is 4.52 Å². The Hall–Kier alpha value is -1.68. The second kappa shape index (κ2) is 7.20. The fraction of sp³-hybridized carbons (Fsp3) is 0.500. The van der Waals surface area contributed by atoms with Crippen molar-refractivity contribution in [3.8, 4) is 0 Å². The first-order chi connectivity index (χ1) is 9.65. The molecule has 0 atom stereocenters. The number of benzene rings is 1. The number of nitrogens with zero attached hydrogens (tertiary/aromatic N) is 2. The average Bonchev–Trinajstić information content (AvgIpc) is 2.85. The molecule has 0 aliphatic rings. The molecule has 0 fully saturated rings. The number of hydrogen-bond acceptors (Lipinski definition) is 4. The van der Waals surface area contributed by atoms with Crippen molar-refractivity contribution >= 4 is 0 Å². The van der Waals surface area contributed by atoms with Gasteiger partial charge >= 0.3 is 0 Å². The van der Waals surface area contributed by atoms with E-state index in [0.717, 1.165) is 37.5 Å². The highest BCUT2D eigenvalue weighted by Crippen LogP contribution is 2.12. The predicted molar refractivity (Wildman–Crippen MR) is 79.7 cm³/mol. The molecule has 1 aromatic carbocycles. The lowest BCUT2D eigenvalue weighted by Gasteiger charge is -2.05. The molecule has 2 rings (SSSR count). The molecule has 0 radical (unpaired) electrons. The fourth-order valence-corrected chi connectivity index (χ4v) is 2.07. The van der Waals surface area contributed by atoms with E-state index in [1.165, 1.54) is 11.1 Å². The van der Waals surface area contributed by atoms with Crippen LogP contribution >= 0.6 is 0 Å². The van der Waals surface area contributed by atoms with E-state index >= 15 is 0 Å². The number of nitrogens with one attached hydrogen (secondary N) is 1. The minimum atomic E-state index is 0.523. The largest absolute Gasteiger partial charge is 0.339 e. The molecule has 0 saturated carbocycles. The van der Waals surface area contributed by atoms with Gasteiger partial charge in [-0.1, -0.05) is 43.3 Å². The summed E-state index contributed by atoms with van der Waals surface area (Å²) >= 11 is 0. The van der Waals surface area contributed by atoms with Crippen LogP contribution in [0.2, 0.25) is 0 Å². The first-order valence-corrected chi connectivity index (χ1v) is 7.24. The minimum Gasteiger partial charge on any atom is -0.339 e. The van der Waals surface area contributed by atoms with Gasteiger partial charge in [0.15, 0.2) is 5.82 Å². The number of rotatable bonds is 7. The first kappa shape index (κ1) is 14.7. The van der Waals surface area contributed by atoms with Gasteiger partial charge in [-0.25, -0.2) is 0 Å². The molecule has 108 valence electrons. The molecule has 2 aromatic rings. The fourth-order valence-electron chi connectivity index (χ4n) is 2.07. The molecule has 0 spiro atoms. The van der Waals surface area contributed by atoms with Crippen LogP contribution in [0.4, 0.5) is 0 Å². The highest BCUT2D eigenvalue weighted by molar-refractivity contribution is 5.27. The maximum Gasteiger partial charge on any atom is 0.226 e. The zero-order valence-electron chi connectivity index (χ0n) is 12.5. The highest BCUT2D eigenvalue weighted by Gasteiger charge is 2.08. The van der Waals surface area contributed by atoms with E-state index in [2.05, 4.69) is 48.4 Å². The van der Waals surface area contributed by atoms with Gasteiger partial charge in [-0.05, 0) is 31.0 Å². The molecule has 0 saturated heterocycles. The molecule has 4 nitrogen and oxygen atoms in total. The van der Waals surface area contributed by atoms with Crippen molar-refractivity contribution in [2.24, 2.45) is 0 Å². The molecule has 4 heteroatoms. The van der Waals surface area contributed by atoms with Gasteiger partial charge in [0.25, 0.3) is 0 Å². The van der Waals surface area contributed by atoms with Crippen LogP contribution in [-0.4, -0.2) is 22.7 Å². The van der Waals surface area contributed by atoms with Crippen LogP contribution in [0.1, 0.15) is 43.1 Å². The summed E-state index contributed by atoms with van der Waals surface area (Å²) in [6, 6.07) is 8.82. The Kier molecular flexibility index (Phi) is 5.30. The predicted octanol–water partition coefficient (Wildman–Crippen LogP) is 2.90. The lowest BCUT2D eigenvalue weighted by molar-refractivity contribution is 0.369. The number of hydrogen-bond donors (Lipinski definition) is 1. The molecule has 0 bridgehead atoms. The van der Waals surface area contributed by atoms with Gasteiger partial charge < -0.3 is 9.84 Å². The minimum absolute atomic E-state index is 0.523. The molecule has 0 amide bonds. The summed E-state index contributed by atoms with van der Waals surface area (Å²) in [7, 11) is 0. The SMILES string of the molecule is Cc1ccccc1Cc1noc(CCCNC(C)C)n1. The summed E-state index contributed by atoms with van der Waals surface area (Å²) < 4.78 is 5.29. The number of aromatic nitrogens is 2. The molecule has 0 aliphatic carbocycles. The van der Waals surface area contributed by atoms with Crippen LogP contribution < -0.4 is 5.32 Å². The van der Waals surface area contributed by atoms with Gasteiger partial charge in [0.2, 0.25) is 5.89 Å². The zero-order chi connectivity index (χ0) is 14.4. The quantitative estimate of drug-likeness (QED) is 0.788. The molecule has 1 aromatic heterocycles. The van der Waals surface area contributed by atoms with Crippen LogP contribution in [0.3, 0.4) is 0 Å². The van der Waals surface area contributed by atoms with Crippen molar-refractivity contribution in [1.29, 1.82) is 0 Å². The summed E-state index contributed by atoms with van der Waals surface area (Å²) in [6.45, 7) is 7.38. The van der Waals surface area contributed by atoms with E-state index in [0.29, 0.717) is 6.04 Å². The zero-order valence-corrected chi connectivity index (χ0v) is 12.5. The molecule has 20 heavy (non-hydrogen) atoms. The maximum absolute atomic E-state index is 5.29. The van der Waals surface area contributed by atoms with Gasteiger partial charge in [0, 0.05) is 18.9 Å². The van der Waals surface area contributed by atoms with Crippen LogP contribution in [0.25, 0.3) is 0 Å². The lowest BCUT2D eigenvalue weighted by atomic mass is 10.1. The lowest BCUT2D eigenvalue weighted by Crippen LogP contribution is -2.23. The van der Waals surface area contributed by atoms with E-state index in [9.17, 15) is 0 Å². The van der Waals surface area contributed by atoms with Crippen LogP contribution in [0.5, 0.6) is 0 Å². The Bertz CT molecular complexity index is 534. The Morgan fingerprint density at radius 2 is 2.05 bits per heavy atom. The smallest absolute Gasteiger partial charge is 0.226 e. The molecule has 0 unspecified atom stereocenters. The highest BCUT2D eigenvalue weighted by atomic mass is 16.5. The molecular weight excluding hydrogens is 250 g/mol. The molecule has 1 N–H and O–H groups in total. The maximum atomic E-state index is 5.29. The van der Waals surface area contributed by atoms with E-state index in [1.54, 1.807) is 0 Å². The average molecular weight is 273 g/mol. The van der Waals surface area contributed by atoms with Gasteiger partial charge in [0.05, 0.1) is 0 Å². The summed E-state index contributed by atoms with van der Waals surface area (Å²) in [4.78, 5) is 4.46. The normalized spacial score (nSPS) is 11.2. The van der Waals surface area contributed by atoms with Crippen LogP contribution in [0.15, 0.2) is 28.8 Å². The van der Waals surface area contributed by atoms with Gasteiger partial charge in [-0.2, -0.15) is 4.98 Å². The van der Waals surface area contributed by atoms with Crippen LogP contribution in [-0.2, 0) is 12.8 Å². The van der Waals surface area contributed by atoms with Crippen molar-refractivity contribution in [3.05, 3.63) is 47.1 Å². The second-order valence-electron chi connectivity index (χ2n) is 5.42. The second-order valence-corrected chi connectivity index (χ2v) is 5.42. The van der Waals surface area contributed by atoms with Crippen LogP contribution in [0, 0.1) is 6.92 Å². The summed E-state index contributed by atoms with van der Waals surface area (Å²) in [5.41, 5.74) is 2.52. The van der Waals surface area contributed by atoms with E-state index < -0.39 is 0 Å². The van der Waals surface area contributed by atoms with Crippen molar-refractivity contribution in [3.63, 3.8) is 0 Å². The topological polar surface area (TPSA) is 51.0 Å². The summed E-state index contributed by atoms with van der Waals surface area (Å²) in [5, 5.41) is 7.44. The van der Waals surface area contributed by atoms with Crippen molar-refractivity contribution < 1.29 is 4.52 Å². The molecular formula is C16H23N3O. The first-order valence-electron chi connectivity index (χ1n) is 7.24. The van der Waals surface area contributed by atoms with Gasteiger partial charge in [0.1, 0.15) is 0 Å². The number of aryl methyl sites for hydroxylation is 2.